The molecule has 2 saturated heterocycles. The molecule has 0 saturated carbocycles. The van der Waals surface area contributed by atoms with Crippen LogP contribution in [-0.4, -0.2) is 23.2 Å². The van der Waals surface area contributed by atoms with Gasteiger partial charge in [-0.05, 0) is 72.9 Å². The molecule has 0 unspecified atom stereocenters. The van der Waals surface area contributed by atoms with Crippen molar-refractivity contribution in [2.45, 2.75) is 32.4 Å². The van der Waals surface area contributed by atoms with Crippen molar-refractivity contribution in [3.8, 4) is 0 Å². The molecule has 166 valence electrons. The van der Waals surface area contributed by atoms with Crippen LogP contribution >= 0.6 is 23.8 Å². The number of piperidine rings is 1. The molecule has 0 bridgehead atoms. The monoisotopic (exact) mass is 466 g/mol. The molecule has 1 N–H and O–H groups in total. The van der Waals surface area contributed by atoms with Crippen molar-refractivity contribution < 1.29 is 4.42 Å². The molecule has 1 aromatic carbocycles. The summed E-state index contributed by atoms with van der Waals surface area (Å²) in [6.07, 6.45) is 4.76. The second-order valence-corrected chi connectivity index (χ2v) is 9.79. The summed E-state index contributed by atoms with van der Waals surface area (Å²) >= 11 is 12.6. The Labute approximate surface area is 199 Å². The lowest BCUT2D eigenvalue weighted by Crippen LogP contribution is -2.38. The molecule has 0 amide bonds. The van der Waals surface area contributed by atoms with Gasteiger partial charge in [-0.3, -0.25) is 4.98 Å². The number of pyridine rings is 1. The Morgan fingerprint density at radius 1 is 1.09 bits per heavy atom. The highest BCUT2D eigenvalue weighted by Crippen LogP contribution is 2.43. The summed E-state index contributed by atoms with van der Waals surface area (Å²) in [5.74, 6) is 2.14. The van der Waals surface area contributed by atoms with Gasteiger partial charge in [0.2, 0.25) is 0 Å². The summed E-state index contributed by atoms with van der Waals surface area (Å²) in [5.41, 5.74) is 2.94. The first-order valence-corrected chi connectivity index (χ1v) is 11.9. The van der Waals surface area contributed by atoms with Gasteiger partial charge in [-0.15, -0.1) is 0 Å². The van der Waals surface area contributed by atoms with Crippen LogP contribution in [0.4, 0.5) is 11.4 Å². The van der Waals surface area contributed by atoms with E-state index in [1.807, 2.05) is 36.4 Å². The van der Waals surface area contributed by atoms with Crippen LogP contribution in [0.25, 0.3) is 0 Å². The molecule has 0 radical (unpaired) electrons. The number of thiocarbonyl (C=S) groups is 1. The van der Waals surface area contributed by atoms with Crippen LogP contribution in [0.2, 0.25) is 5.02 Å². The first-order valence-electron chi connectivity index (χ1n) is 11.1. The number of rotatable bonds is 4. The second-order valence-electron chi connectivity index (χ2n) is 9.00. The van der Waals surface area contributed by atoms with E-state index in [-0.39, 0.29) is 12.1 Å². The zero-order valence-electron chi connectivity index (χ0n) is 18.2. The van der Waals surface area contributed by atoms with Gasteiger partial charge in [0.1, 0.15) is 11.8 Å². The smallest absolute Gasteiger partial charge is 0.174 e. The van der Waals surface area contributed by atoms with Crippen molar-refractivity contribution in [3.05, 3.63) is 77.5 Å². The van der Waals surface area contributed by atoms with E-state index >= 15 is 0 Å². The third kappa shape index (κ3) is 3.97. The number of hydrogen-bond donors (Lipinski definition) is 1. The van der Waals surface area contributed by atoms with Gasteiger partial charge in [0.25, 0.3) is 0 Å². The molecular formula is C25H27ClN4OS. The van der Waals surface area contributed by atoms with Crippen molar-refractivity contribution in [2.24, 2.45) is 11.8 Å². The number of furan rings is 1. The summed E-state index contributed by atoms with van der Waals surface area (Å²) in [7, 11) is 0. The number of halogens is 1. The standard InChI is InChI=1S/C25H27ClN4OS/c1-16-12-17(2)15-29(14-16)21-9-8-18(13-19(21)26)30-24(22-7-5-11-31-22)23(28-25(30)32)20-6-3-4-10-27-20/h3-11,13,16-17,23-24H,12,14-15H2,1-2H3,(H,28,32)/t16-,17+,23-,24-/m0/s1. The number of nitrogens with one attached hydrogen (secondary N) is 1. The van der Waals surface area contributed by atoms with Gasteiger partial charge in [-0.25, -0.2) is 0 Å². The highest BCUT2D eigenvalue weighted by atomic mass is 35.5. The van der Waals surface area contributed by atoms with Gasteiger partial charge in [0, 0.05) is 25.0 Å². The van der Waals surface area contributed by atoms with Crippen LogP contribution in [0.5, 0.6) is 0 Å². The van der Waals surface area contributed by atoms with Gasteiger partial charge in [0.05, 0.1) is 28.7 Å². The van der Waals surface area contributed by atoms with Crippen molar-refractivity contribution in [2.75, 3.05) is 22.9 Å². The number of benzene rings is 1. The third-order valence-corrected chi connectivity index (χ3v) is 6.97. The molecule has 4 heterocycles. The predicted octanol–water partition coefficient (Wildman–Crippen LogP) is 5.99. The molecule has 5 nitrogen and oxygen atoms in total. The first kappa shape index (κ1) is 21.3. The van der Waals surface area contributed by atoms with Crippen LogP contribution in [0.15, 0.2) is 65.4 Å². The van der Waals surface area contributed by atoms with E-state index in [2.05, 4.69) is 46.1 Å². The largest absolute Gasteiger partial charge is 0.467 e. The molecule has 2 aliphatic rings. The minimum atomic E-state index is -0.163. The molecule has 2 aromatic heterocycles. The lowest BCUT2D eigenvalue weighted by molar-refractivity contribution is 0.357. The molecule has 2 fully saturated rings. The van der Waals surface area contributed by atoms with Gasteiger partial charge in [-0.2, -0.15) is 0 Å². The van der Waals surface area contributed by atoms with E-state index in [1.165, 1.54) is 6.42 Å². The van der Waals surface area contributed by atoms with Crippen LogP contribution < -0.4 is 15.1 Å². The van der Waals surface area contributed by atoms with Crippen LogP contribution in [-0.2, 0) is 0 Å². The fourth-order valence-corrected chi connectivity index (χ4v) is 5.78. The maximum absolute atomic E-state index is 6.84. The molecule has 0 aliphatic carbocycles. The summed E-state index contributed by atoms with van der Waals surface area (Å²) in [4.78, 5) is 9.06. The van der Waals surface area contributed by atoms with E-state index in [0.717, 1.165) is 40.9 Å². The lowest BCUT2D eigenvalue weighted by Gasteiger charge is -2.37. The van der Waals surface area contributed by atoms with Crippen molar-refractivity contribution in [3.63, 3.8) is 0 Å². The zero-order valence-corrected chi connectivity index (χ0v) is 19.8. The van der Waals surface area contributed by atoms with Crippen LogP contribution in [0.1, 0.15) is 43.8 Å². The Bertz CT molecular complexity index is 1080. The summed E-state index contributed by atoms with van der Waals surface area (Å²) in [6, 6.07) is 15.8. The van der Waals surface area contributed by atoms with E-state index in [9.17, 15) is 0 Å². The quantitative estimate of drug-likeness (QED) is 0.476. The predicted molar refractivity (Wildman–Crippen MR) is 133 cm³/mol. The normalized spacial score (nSPS) is 25.8. The maximum atomic E-state index is 6.84. The minimum absolute atomic E-state index is 0.128. The second kappa shape index (κ2) is 8.75. The SMILES string of the molecule is C[C@@H]1C[C@H](C)CN(c2ccc(N3C(=S)N[C@@H](c4ccccn4)[C@@H]3c3ccco3)cc2Cl)C1. The van der Waals surface area contributed by atoms with Gasteiger partial charge >= 0.3 is 0 Å². The van der Waals surface area contributed by atoms with Crippen molar-refractivity contribution >= 4 is 40.3 Å². The van der Waals surface area contributed by atoms with Gasteiger partial charge in [-0.1, -0.05) is 31.5 Å². The molecule has 32 heavy (non-hydrogen) atoms. The molecule has 4 atom stereocenters. The molecule has 5 rings (SSSR count). The number of anilines is 2. The molecular weight excluding hydrogens is 440 g/mol. The van der Waals surface area contributed by atoms with E-state index < -0.39 is 0 Å². The Morgan fingerprint density at radius 2 is 1.91 bits per heavy atom. The summed E-state index contributed by atoms with van der Waals surface area (Å²) in [6.45, 7) is 6.68. The average Bonchev–Trinajstić information content (AvgIpc) is 3.41. The Kier molecular flexibility index (Phi) is 5.82. The first-order chi connectivity index (χ1) is 15.5. The average molecular weight is 467 g/mol. The van der Waals surface area contributed by atoms with Crippen molar-refractivity contribution in [1.29, 1.82) is 0 Å². The molecule has 3 aromatic rings. The highest BCUT2D eigenvalue weighted by Gasteiger charge is 2.42. The summed E-state index contributed by atoms with van der Waals surface area (Å²) in [5, 5.41) is 4.82. The lowest BCUT2D eigenvalue weighted by atomic mass is 9.91. The maximum Gasteiger partial charge on any atom is 0.174 e. The Hall–Kier alpha value is -2.57. The molecule has 0 spiro atoms. The van der Waals surface area contributed by atoms with Crippen LogP contribution in [0.3, 0.4) is 0 Å². The minimum Gasteiger partial charge on any atom is -0.467 e. The van der Waals surface area contributed by atoms with E-state index in [0.29, 0.717) is 16.9 Å². The number of aromatic nitrogens is 1. The Morgan fingerprint density at radius 3 is 2.56 bits per heavy atom. The molecule has 2 aliphatic heterocycles. The van der Waals surface area contributed by atoms with E-state index in [1.54, 1.807) is 12.5 Å². The topological polar surface area (TPSA) is 44.5 Å². The number of hydrogen-bond acceptors (Lipinski definition) is 4. The highest BCUT2D eigenvalue weighted by molar-refractivity contribution is 7.80. The molecule has 7 heteroatoms. The fraction of sp³-hybridized carbons (Fsp3) is 0.360. The van der Waals surface area contributed by atoms with Crippen molar-refractivity contribution in [1.82, 2.24) is 10.3 Å². The fourth-order valence-electron chi connectivity index (χ4n) is 5.14. The zero-order chi connectivity index (χ0) is 22.2. The summed E-state index contributed by atoms with van der Waals surface area (Å²) < 4.78 is 5.83. The Balaban J connectivity index is 1.50. The van der Waals surface area contributed by atoms with Gasteiger partial charge in [0.15, 0.2) is 5.11 Å². The number of nitrogens with zero attached hydrogens (tertiary/aromatic N) is 3. The third-order valence-electron chi connectivity index (χ3n) is 6.35. The van der Waals surface area contributed by atoms with E-state index in [4.69, 9.17) is 28.2 Å². The van der Waals surface area contributed by atoms with Gasteiger partial charge < -0.3 is 19.5 Å². The van der Waals surface area contributed by atoms with Crippen LogP contribution in [0, 0.1) is 11.8 Å².